The Hall–Kier alpha value is -3.50. The van der Waals surface area contributed by atoms with Crippen molar-refractivity contribution in [3.05, 3.63) is 60.4 Å². The Morgan fingerprint density at radius 2 is 1.77 bits per heavy atom. The first-order valence-corrected chi connectivity index (χ1v) is 14.4. The largest absolute Gasteiger partial charge is 0.465 e. The molecule has 0 spiro atoms. The molecule has 0 bridgehead atoms. The molecule has 12 heteroatoms. The van der Waals surface area contributed by atoms with E-state index in [4.69, 9.17) is 29.2 Å². The van der Waals surface area contributed by atoms with Crippen LogP contribution >= 0.6 is 7.75 Å². The van der Waals surface area contributed by atoms with Crippen LogP contribution in [-0.4, -0.2) is 45.9 Å². The zero-order valence-electron chi connectivity index (χ0n) is 22.5. The van der Waals surface area contributed by atoms with Gasteiger partial charge in [0.05, 0.1) is 30.3 Å². The number of nitrogen functional groups attached to an aromatic ring is 1. The summed E-state index contributed by atoms with van der Waals surface area (Å²) in [4.78, 5) is 21.5. The van der Waals surface area contributed by atoms with Crippen LogP contribution in [0.4, 0.5) is 5.82 Å². The summed E-state index contributed by atoms with van der Waals surface area (Å²) in [5, 5.41) is 3.58. The summed E-state index contributed by atoms with van der Waals surface area (Å²) in [5.74, 6) is 0.682. The van der Waals surface area contributed by atoms with E-state index in [0.29, 0.717) is 29.5 Å². The summed E-state index contributed by atoms with van der Waals surface area (Å²) in [6, 6.07) is 15.3. The predicted octanol–water partition coefficient (Wildman–Crippen LogP) is 4.84. The van der Waals surface area contributed by atoms with E-state index in [1.807, 2.05) is 41.8 Å². The summed E-state index contributed by atoms with van der Waals surface area (Å²) in [6.45, 7) is 8.07. The molecular weight excluding hydrogens is 521 g/mol. The van der Waals surface area contributed by atoms with Gasteiger partial charge in [-0.1, -0.05) is 36.4 Å². The smallest absolute Gasteiger partial charge is 0.459 e. The van der Waals surface area contributed by atoms with Gasteiger partial charge in [0.1, 0.15) is 29.7 Å². The maximum absolute atomic E-state index is 14.0. The first kappa shape index (κ1) is 28.5. The van der Waals surface area contributed by atoms with Crippen molar-refractivity contribution in [2.24, 2.45) is 0 Å². The maximum Gasteiger partial charge on any atom is 0.459 e. The Kier molecular flexibility index (Phi) is 9.19. The van der Waals surface area contributed by atoms with Gasteiger partial charge in [-0.25, -0.2) is 14.5 Å². The standard InChI is InChI=1S/C27H34N5O6P/c1-5-35-17-23-30-24-25(21-14-10-11-15-22(21)29-26(24)28)32(23)16-18(3)37-39(34,31-19(4)27(33)36-6-2)38-20-12-8-7-9-13-20/h7-15,18-19H,5-6,16-17H2,1-4H3,(H2,28,29)(H,31,34)/t18-,19-,39-/m0/s1. The summed E-state index contributed by atoms with van der Waals surface area (Å²) >= 11 is 0. The van der Waals surface area contributed by atoms with Gasteiger partial charge in [-0.15, -0.1) is 0 Å². The van der Waals surface area contributed by atoms with E-state index in [9.17, 15) is 9.36 Å². The third kappa shape index (κ3) is 6.75. The number of fused-ring (bicyclic) bond motifs is 3. The Labute approximate surface area is 227 Å². The fourth-order valence-electron chi connectivity index (χ4n) is 4.19. The number of benzene rings is 2. The third-order valence-electron chi connectivity index (χ3n) is 5.84. The molecular formula is C27H34N5O6P. The number of nitrogens with zero attached hydrogens (tertiary/aromatic N) is 3. The molecule has 0 saturated carbocycles. The Balaban J connectivity index is 1.69. The highest BCUT2D eigenvalue weighted by Crippen LogP contribution is 2.46. The van der Waals surface area contributed by atoms with Gasteiger partial charge in [-0.3, -0.25) is 9.32 Å². The van der Waals surface area contributed by atoms with E-state index in [1.54, 1.807) is 45.0 Å². The van der Waals surface area contributed by atoms with E-state index in [0.717, 1.165) is 16.4 Å². The van der Waals surface area contributed by atoms with Crippen molar-refractivity contribution in [3.8, 4) is 5.75 Å². The van der Waals surface area contributed by atoms with Crippen molar-refractivity contribution in [2.75, 3.05) is 18.9 Å². The van der Waals surface area contributed by atoms with Crippen molar-refractivity contribution in [3.63, 3.8) is 0 Å². The number of carbonyl (C=O) groups is 1. The van der Waals surface area contributed by atoms with Crippen LogP contribution in [0.15, 0.2) is 54.6 Å². The zero-order chi connectivity index (χ0) is 28.0. The second-order valence-electron chi connectivity index (χ2n) is 8.91. The number of esters is 1. The predicted molar refractivity (Wildman–Crippen MR) is 149 cm³/mol. The summed E-state index contributed by atoms with van der Waals surface area (Å²) in [7, 11) is -4.06. The topological polar surface area (TPSA) is 140 Å². The quantitative estimate of drug-likeness (QED) is 0.174. The van der Waals surface area contributed by atoms with Crippen molar-refractivity contribution >= 4 is 41.5 Å². The zero-order valence-corrected chi connectivity index (χ0v) is 23.4. The first-order chi connectivity index (χ1) is 18.7. The summed E-state index contributed by atoms with van der Waals surface area (Å²) < 4.78 is 38.5. The number of carbonyl (C=O) groups excluding carboxylic acids is 1. The van der Waals surface area contributed by atoms with Gasteiger partial charge in [0.25, 0.3) is 0 Å². The lowest BCUT2D eigenvalue weighted by Crippen LogP contribution is -2.36. The van der Waals surface area contributed by atoms with Crippen molar-refractivity contribution < 1.29 is 27.9 Å². The molecule has 208 valence electrons. The number of rotatable bonds is 13. The molecule has 3 N–H and O–H groups in total. The molecule has 0 unspecified atom stereocenters. The highest BCUT2D eigenvalue weighted by Gasteiger charge is 2.34. The lowest BCUT2D eigenvalue weighted by atomic mass is 10.2. The molecule has 0 amide bonds. The molecule has 3 atom stereocenters. The molecule has 39 heavy (non-hydrogen) atoms. The lowest BCUT2D eigenvalue weighted by Gasteiger charge is -2.26. The van der Waals surface area contributed by atoms with Gasteiger partial charge in [-0.2, -0.15) is 5.09 Å². The van der Waals surface area contributed by atoms with Crippen molar-refractivity contribution in [2.45, 2.75) is 53.0 Å². The number of para-hydroxylation sites is 2. The van der Waals surface area contributed by atoms with Crippen LogP contribution in [0.2, 0.25) is 0 Å². The van der Waals surface area contributed by atoms with Gasteiger partial charge in [-0.05, 0) is 45.9 Å². The van der Waals surface area contributed by atoms with Crippen LogP contribution < -0.4 is 15.3 Å². The van der Waals surface area contributed by atoms with Crippen LogP contribution in [0.3, 0.4) is 0 Å². The molecule has 2 aromatic carbocycles. The van der Waals surface area contributed by atoms with E-state index < -0.39 is 25.9 Å². The average Bonchev–Trinajstić information content (AvgIpc) is 3.26. The summed E-state index contributed by atoms with van der Waals surface area (Å²) in [5.41, 5.74) is 8.33. The number of aromatic nitrogens is 3. The summed E-state index contributed by atoms with van der Waals surface area (Å²) in [6.07, 6.45) is -0.660. The van der Waals surface area contributed by atoms with Crippen molar-refractivity contribution in [1.82, 2.24) is 19.6 Å². The minimum Gasteiger partial charge on any atom is -0.465 e. The van der Waals surface area contributed by atoms with E-state index in [-0.39, 0.29) is 19.8 Å². The van der Waals surface area contributed by atoms with Crippen LogP contribution in [-0.2, 0) is 36.5 Å². The van der Waals surface area contributed by atoms with Gasteiger partial charge < -0.3 is 24.3 Å². The second kappa shape index (κ2) is 12.6. The fraction of sp³-hybridized carbons (Fsp3) is 0.370. The van der Waals surface area contributed by atoms with Crippen LogP contribution in [0.25, 0.3) is 21.9 Å². The number of ether oxygens (including phenoxy) is 2. The number of imidazole rings is 1. The molecule has 4 rings (SSSR count). The van der Waals surface area contributed by atoms with Crippen LogP contribution in [0.5, 0.6) is 5.75 Å². The molecule has 0 saturated heterocycles. The SMILES string of the molecule is CCOCc1nc2c(N)nc3ccccc3c2n1C[C@H](C)O[P@@](=O)(N[C@@H](C)C(=O)OCC)Oc1ccccc1. The average molecular weight is 556 g/mol. The third-order valence-corrected chi connectivity index (χ3v) is 7.64. The highest BCUT2D eigenvalue weighted by molar-refractivity contribution is 7.52. The number of nitrogens with two attached hydrogens (primary N) is 1. The molecule has 11 nitrogen and oxygen atoms in total. The minimum atomic E-state index is -4.06. The number of nitrogens with one attached hydrogen (secondary N) is 1. The van der Waals surface area contributed by atoms with Gasteiger partial charge in [0, 0.05) is 12.0 Å². The Bertz CT molecular complexity index is 1480. The van der Waals surface area contributed by atoms with Gasteiger partial charge in [0.15, 0.2) is 5.82 Å². The van der Waals surface area contributed by atoms with Crippen LogP contribution in [0, 0.1) is 0 Å². The molecule has 0 aliphatic heterocycles. The molecule has 2 aromatic heterocycles. The van der Waals surface area contributed by atoms with E-state index >= 15 is 0 Å². The van der Waals surface area contributed by atoms with E-state index in [2.05, 4.69) is 10.1 Å². The highest BCUT2D eigenvalue weighted by atomic mass is 31.2. The minimum absolute atomic E-state index is 0.189. The maximum atomic E-state index is 14.0. The molecule has 0 aliphatic carbocycles. The Morgan fingerprint density at radius 3 is 2.49 bits per heavy atom. The van der Waals surface area contributed by atoms with Crippen LogP contribution in [0.1, 0.15) is 33.5 Å². The molecule has 0 radical (unpaired) electrons. The second-order valence-corrected chi connectivity index (χ2v) is 10.6. The van der Waals surface area contributed by atoms with Gasteiger partial charge >= 0.3 is 13.7 Å². The molecule has 2 heterocycles. The number of hydrogen-bond acceptors (Lipinski definition) is 9. The number of hydrogen-bond donors (Lipinski definition) is 2. The monoisotopic (exact) mass is 555 g/mol. The number of pyridine rings is 1. The normalized spacial score (nSPS) is 14.7. The van der Waals surface area contributed by atoms with Crippen molar-refractivity contribution in [1.29, 1.82) is 0 Å². The van der Waals surface area contributed by atoms with E-state index in [1.165, 1.54) is 0 Å². The molecule has 4 aromatic rings. The number of anilines is 1. The molecule has 0 aliphatic rings. The molecule has 0 fully saturated rings. The Morgan fingerprint density at radius 1 is 1.05 bits per heavy atom. The first-order valence-electron chi connectivity index (χ1n) is 12.8. The fourth-order valence-corrected chi connectivity index (χ4v) is 5.86. The van der Waals surface area contributed by atoms with Gasteiger partial charge in [0.2, 0.25) is 0 Å². The lowest BCUT2D eigenvalue weighted by molar-refractivity contribution is -0.144.